The van der Waals surface area contributed by atoms with E-state index >= 15 is 0 Å². The minimum Gasteiger partial charge on any atom is -0.324 e. The first kappa shape index (κ1) is 12.8. The van der Waals surface area contributed by atoms with Crippen molar-refractivity contribution in [2.45, 2.75) is 32.2 Å². The van der Waals surface area contributed by atoms with Gasteiger partial charge in [0.1, 0.15) is 0 Å². The van der Waals surface area contributed by atoms with Gasteiger partial charge in [-0.15, -0.1) is 0 Å². The zero-order chi connectivity index (χ0) is 12.8. The summed E-state index contributed by atoms with van der Waals surface area (Å²) in [6, 6.07) is 19.4. The summed E-state index contributed by atoms with van der Waals surface area (Å²) in [4.78, 5) is 0. The van der Waals surface area contributed by atoms with E-state index in [1.165, 1.54) is 16.7 Å². The summed E-state index contributed by atoms with van der Waals surface area (Å²) in [5.41, 5.74) is 10.0. The van der Waals surface area contributed by atoms with Crippen molar-refractivity contribution >= 4 is 0 Å². The van der Waals surface area contributed by atoms with Crippen molar-refractivity contribution in [2.75, 3.05) is 0 Å². The van der Waals surface area contributed by atoms with Gasteiger partial charge >= 0.3 is 0 Å². The molecule has 1 heteroatoms. The highest BCUT2D eigenvalue weighted by atomic mass is 14.6. The zero-order valence-corrected chi connectivity index (χ0v) is 11.0. The number of nitrogens with two attached hydrogens (primary N) is 1. The number of hydrogen-bond acceptors (Lipinski definition) is 1. The maximum atomic E-state index is 6.11. The monoisotopic (exact) mass is 239 g/mol. The molecule has 0 aliphatic rings. The van der Waals surface area contributed by atoms with Crippen molar-refractivity contribution in [1.29, 1.82) is 0 Å². The molecule has 0 aromatic heterocycles. The topological polar surface area (TPSA) is 26.0 Å². The molecule has 0 radical (unpaired) electrons. The summed E-state index contributed by atoms with van der Waals surface area (Å²) in [5.74, 6) is 0. The Bertz CT molecular complexity index is 459. The van der Waals surface area contributed by atoms with Crippen molar-refractivity contribution in [2.24, 2.45) is 5.73 Å². The van der Waals surface area contributed by atoms with Crippen molar-refractivity contribution in [3.8, 4) is 0 Å². The van der Waals surface area contributed by atoms with Crippen LogP contribution >= 0.6 is 0 Å². The molecule has 18 heavy (non-hydrogen) atoms. The van der Waals surface area contributed by atoms with Crippen LogP contribution in [-0.2, 0) is 6.42 Å². The molecule has 2 aromatic carbocycles. The summed E-state index contributed by atoms with van der Waals surface area (Å²) < 4.78 is 0. The molecule has 2 aromatic rings. The fourth-order valence-corrected chi connectivity index (χ4v) is 2.19. The Hall–Kier alpha value is -1.60. The summed E-state index contributed by atoms with van der Waals surface area (Å²) in [7, 11) is 0. The Morgan fingerprint density at radius 1 is 0.889 bits per heavy atom. The molecular formula is C17H21N. The zero-order valence-electron chi connectivity index (χ0n) is 11.0. The number of rotatable bonds is 5. The van der Waals surface area contributed by atoms with Crippen LogP contribution in [0.4, 0.5) is 0 Å². The van der Waals surface area contributed by atoms with Crippen molar-refractivity contribution in [1.82, 2.24) is 0 Å². The Labute approximate surface area is 110 Å². The third kappa shape index (κ3) is 3.44. The van der Waals surface area contributed by atoms with Crippen LogP contribution in [0.5, 0.6) is 0 Å². The standard InChI is InChI=1S/C17H21N/c1-2-6-17(18)16-11-9-15(10-12-16)13-14-7-4-3-5-8-14/h3-5,7-12,17H,2,6,13,18H2,1H3. The Balaban J connectivity index is 2.04. The van der Waals surface area contributed by atoms with Gasteiger partial charge in [-0.2, -0.15) is 0 Å². The second-order valence-electron chi connectivity index (χ2n) is 4.80. The van der Waals surface area contributed by atoms with Gasteiger partial charge in [0.2, 0.25) is 0 Å². The highest BCUT2D eigenvalue weighted by Gasteiger charge is 2.04. The lowest BCUT2D eigenvalue weighted by Crippen LogP contribution is -2.09. The Kier molecular flexibility index (Phi) is 4.54. The van der Waals surface area contributed by atoms with E-state index < -0.39 is 0 Å². The molecular weight excluding hydrogens is 218 g/mol. The first-order valence-corrected chi connectivity index (χ1v) is 6.68. The minimum absolute atomic E-state index is 0.181. The van der Waals surface area contributed by atoms with Crippen LogP contribution < -0.4 is 5.73 Å². The molecule has 2 N–H and O–H groups in total. The average molecular weight is 239 g/mol. The molecule has 1 nitrogen and oxygen atoms in total. The fraction of sp³-hybridized carbons (Fsp3) is 0.294. The molecule has 0 bridgehead atoms. The van der Waals surface area contributed by atoms with E-state index in [9.17, 15) is 0 Å². The first-order valence-electron chi connectivity index (χ1n) is 6.68. The normalized spacial score (nSPS) is 12.3. The van der Waals surface area contributed by atoms with Gasteiger partial charge in [-0.1, -0.05) is 67.9 Å². The van der Waals surface area contributed by atoms with Crippen molar-refractivity contribution < 1.29 is 0 Å². The molecule has 0 aliphatic carbocycles. The fourth-order valence-electron chi connectivity index (χ4n) is 2.19. The van der Waals surface area contributed by atoms with E-state index in [2.05, 4.69) is 61.5 Å². The third-order valence-electron chi connectivity index (χ3n) is 3.26. The lowest BCUT2D eigenvalue weighted by molar-refractivity contribution is 0.638. The maximum absolute atomic E-state index is 6.11. The van der Waals surface area contributed by atoms with Gasteiger partial charge in [0.25, 0.3) is 0 Å². The lowest BCUT2D eigenvalue weighted by Gasteiger charge is -2.11. The first-order chi connectivity index (χ1) is 8.79. The Morgan fingerprint density at radius 3 is 2.11 bits per heavy atom. The number of benzene rings is 2. The molecule has 0 saturated heterocycles. The van der Waals surface area contributed by atoms with E-state index in [4.69, 9.17) is 5.73 Å². The van der Waals surface area contributed by atoms with Gasteiger partial charge in [-0.3, -0.25) is 0 Å². The van der Waals surface area contributed by atoms with Crippen LogP contribution in [0.15, 0.2) is 54.6 Å². The van der Waals surface area contributed by atoms with E-state index in [-0.39, 0.29) is 6.04 Å². The molecule has 0 heterocycles. The molecule has 94 valence electrons. The second-order valence-corrected chi connectivity index (χ2v) is 4.80. The molecule has 1 unspecified atom stereocenters. The summed E-state index contributed by atoms with van der Waals surface area (Å²) in [6.45, 7) is 2.17. The molecule has 0 aliphatic heterocycles. The molecule has 0 amide bonds. The SMILES string of the molecule is CCCC(N)c1ccc(Cc2ccccc2)cc1. The van der Waals surface area contributed by atoms with Crippen LogP contribution in [0, 0.1) is 0 Å². The molecule has 0 spiro atoms. The predicted molar refractivity (Wildman–Crippen MR) is 77.5 cm³/mol. The van der Waals surface area contributed by atoms with Gasteiger partial charge in [-0.05, 0) is 29.5 Å². The van der Waals surface area contributed by atoms with Crippen LogP contribution in [0.2, 0.25) is 0 Å². The van der Waals surface area contributed by atoms with Gasteiger partial charge < -0.3 is 5.73 Å². The van der Waals surface area contributed by atoms with Crippen LogP contribution in [0.1, 0.15) is 42.5 Å². The summed E-state index contributed by atoms with van der Waals surface area (Å²) in [6.07, 6.45) is 3.18. The van der Waals surface area contributed by atoms with Crippen molar-refractivity contribution in [3.05, 3.63) is 71.3 Å². The van der Waals surface area contributed by atoms with Crippen LogP contribution in [-0.4, -0.2) is 0 Å². The maximum Gasteiger partial charge on any atom is 0.0294 e. The van der Waals surface area contributed by atoms with E-state index in [0.29, 0.717) is 0 Å². The average Bonchev–Trinajstić information content (AvgIpc) is 2.41. The van der Waals surface area contributed by atoms with Crippen LogP contribution in [0.25, 0.3) is 0 Å². The van der Waals surface area contributed by atoms with Crippen LogP contribution in [0.3, 0.4) is 0 Å². The van der Waals surface area contributed by atoms with E-state index in [1.54, 1.807) is 0 Å². The lowest BCUT2D eigenvalue weighted by atomic mass is 9.99. The summed E-state index contributed by atoms with van der Waals surface area (Å²) in [5, 5.41) is 0. The largest absolute Gasteiger partial charge is 0.324 e. The smallest absolute Gasteiger partial charge is 0.0294 e. The van der Waals surface area contributed by atoms with Gasteiger partial charge in [0.05, 0.1) is 0 Å². The quantitative estimate of drug-likeness (QED) is 0.836. The van der Waals surface area contributed by atoms with Gasteiger partial charge in [-0.25, -0.2) is 0 Å². The molecule has 0 saturated carbocycles. The van der Waals surface area contributed by atoms with E-state index in [1.807, 2.05) is 0 Å². The Morgan fingerprint density at radius 2 is 1.50 bits per heavy atom. The van der Waals surface area contributed by atoms with Crippen molar-refractivity contribution in [3.63, 3.8) is 0 Å². The highest BCUT2D eigenvalue weighted by Crippen LogP contribution is 2.17. The number of hydrogen-bond donors (Lipinski definition) is 1. The molecule has 2 rings (SSSR count). The third-order valence-corrected chi connectivity index (χ3v) is 3.26. The predicted octanol–water partition coefficient (Wildman–Crippen LogP) is 4.08. The minimum atomic E-state index is 0.181. The summed E-state index contributed by atoms with van der Waals surface area (Å²) >= 11 is 0. The second kappa shape index (κ2) is 6.36. The van der Waals surface area contributed by atoms with Gasteiger partial charge in [0, 0.05) is 6.04 Å². The van der Waals surface area contributed by atoms with E-state index in [0.717, 1.165) is 19.3 Å². The highest BCUT2D eigenvalue weighted by molar-refractivity contribution is 5.29. The molecule has 0 fully saturated rings. The molecule has 1 atom stereocenters. The van der Waals surface area contributed by atoms with Gasteiger partial charge in [0.15, 0.2) is 0 Å².